The SMILES string of the molecule is COc1ccc(CC(NC(=O)OC(C)(C)C)C(C)C)cc1. The maximum atomic E-state index is 11.9. The predicted octanol–water partition coefficient (Wildman–Crippen LogP) is 3.79. The molecular formula is C17H27NO3. The molecule has 1 N–H and O–H groups in total. The van der Waals surface area contributed by atoms with Crippen LogP contribution >= 0.6 is 0 Å². The average Bonchev–Trinajstić information content (AvgIpc) is 2.36. The molecule has 1 aromatic rings. The van der Waals surface area contributed by atoms with Gasteiger partial charge in [-0.25, -0.2) is 4.79 Å². The average molecular weight is 293 g/mol. The third-order valence-corrected chi connectivity index (χ3v) is 3.12. The van der Waals surface area contributed by atoms with E-state index >= 15 is 0 Å². The molecule has 0 radical (unpaired) electrons. The van der Waals surface area contributed by atoms with E-state index in [2.05, 4.69) is 19.2 Å². The lowest BCUT2D eigenvalue weighted by Crippen LogP contribution is -2.42. The van der Waals surface area contributed by atoms with Crippen molar-refractivity contribution in [2.24, 2.45) is 5.92 Å². The molecule has 118 valence electrons. The van der Waals surface area contributed by atoms with E-state index in [0.717, 1.165) is 17.7 Å². The first kappa shape index (κ1) is 17.3. The number of alkyl carbamates (subject to hydrolysis) is 1. The lowest BCUT2D eigenvalue weighted by atomic mass is 9.96. The van der Waals surface area contributed by atoms with Crippen molar-refractivity contribution < 1.29 is 14.3 Å². The van der Waals surface area contributed by atoms with Crippen molar-refractivity contribution in [2.45, 2.75) is 52.7 Å². The molecule has 0 spiro atoms. The van der Waals surface area contributed by atoms with Crippen LogP contribution in [-0.2, 0) is 11.2 Å². The van der Waals surface area contributed by atoms with Crippen LogP contribution in [-0.4, -0.2) is 24.8 Å². The maximum Gasteiger partial charge on any atom is 0.407 e. The number of nitrogens with one attached hydrogen (secondary N) is 1. The molecule has 1 amide bonds. The molecule has 1 rings (SSSR count). The van der Waals surface area contributed by atoms with E-state index in [1.165, 1.54) is 0 Å². The van der Waals surface area contributed by atoms with Gasteiger partial charge in [0, 0.05) is 6.04 Å². The Kier molecular flexibility index (Phi) is 6.06. The maximum absolute atomic E-state index is 11.9. The molecule has 0 saturated carbocycles. The second-order valence-corrected chi connectivity index (χ2v) is 6.55. The molecule has 1 unspecified atom stereocenters. The highest BCUT2D eigenvalue weighted by Crippen LogP contribution is 2.16. The molecular weight excluding hydrogens is 266 g/mol. The van der Waals surface area contributed by atoms with Crippen LogP contribution in [0.5, 0.6) is 5.75 Å². The van der Waals surface area contributed by atoms with E-state index in [4.69, 9.17) is 9.47 Å². The number of benzene rings is 1. The Hall–Kier alpha value is -1.71. The molecule has 0 aromatic heterocycles. The molecule has 21 heavy (non-hydrogen) atoms. The van der Waals surface area contributed by atoms with Gasteiger partial charge in [0.2, 0.25) is 0 Å². The number of ether oxygens (including phenoxy) is 2. The summed E-state index contributed by atoms with van der Waals surface area (Å²) in [6, 6.07) is 7.93. The fourth-order valence-electron chi connectivity index (χ4n) is 1.93. The zero-order chi connectivity index (χ0) is 16.0. The minimum atomic E-state index is -0.480. The van der Waals surface area contributed by atoms with Crippen LogP contribution in [0.4, 0.5) is 4.79 Å². The van der Waals surface area contributed by atoms with Gasteiger partial charge in [0.1, 0.15) is 11.4 Å². The standard InChI is InChI=1S/C17H27NO3/c1-12(2)15(18-16(19)21-17(3,4)5)11-13-7-9-14(20-6)10-8-13/h7-10,12,15H,11H2,1-6H3,(H,18,19). The normalized spacial score (nSPS) is 12.9. The second-order valence-electron chi connectivity index (χ2n) is 6.55. The van der Waals surface area contributed by atoms with Crippen LogP contribution in [0, 0.1) is 5.92 Å². The van der Waals surface area contributed by atoms with Gasteiger partial charge in [0.25, 0.3) is 0 Å². The third-order valence-electron chi connectivity index (χ3n) is 3.12. The summed E-state index contributed by atoms with van der Waals surface area (Å²) in [6.45, 7) is 9.76. The van der Waals surface area contributed by atoms with Crippen molar-refractivity contribution >= 4 is 6.09 Å². The summed E-state index contributed by atoms with van der Waals surface area (Å²) in [6.07, 6.45) is 0.399. The Balaban J connectivity index is 2.66. The Bertz CT molecular complexity index is 446. The van der Waals surface area contributed by atoms with Crippen molar-refractivity contribution in [1.82, 2.24) is 5.32 Å². The lowest BCUT2D eigenvalue weighted by Gasteiger charge is -2.26. The van der Waals surface area contributed by atoms with Gasteiger partial charge < -0.3 is 14.8 Å². The summed E-state index contributed by atoms with van der Waals surface area (Å²) in [4.78, 5) is 11.9. The predicted molar refractivity (Wildman–Crippen MR) is 84.7 cm³/mol. The highest BCUT2D eigenvalue weighted by Gasteiger charge is 2.21. The summed E-state index contributed by atoms with van der Waals surface area (Å²) in [7, 11) is 1.65. The number of methoxy groups -OCH3 is 1. The molecule has 0 saturated heterocycles. The summed E-state index contributed by atoms with van der Waals surface area (Å²) in [5.41, 5.74) is 0.677. The first-order chi connectivity index (χ1) is 9.71. The van der Waals surface area contributed by atoms with Gasteiger partial charge in [-0.15, -0.1) is 0 Å². The zero-order valence-corrected chi connectivity index (χ0v) is 13.9. The smallest absolute Gasteiger partial charge is 0.407 e. The number of hydrogen-bond acceptors (Lipinski definition) is 3. The molecule has 1 aromatic carbocycles. The molecule has 4 nitrogen and oxygen atoms in total. The highest BCUT2D eigenvalue weighted by molar-refractivity contribution is 5.68. The van der Waals surface area contributed by atoms with Crippen LogP contribution in [0.25, 0.3) is 0 Å². The van der Waals surface area contributed by atoms with E-state index in [1.807, 2.05) is 45.0 Å². The van der Waals surface area contributed by atoms with Gasteiger partial charge in [0.15, 0.2) is 0 Å². The van der Waals surface area contributed by atoms with Crippen LogP contribution in [0.15, 0.2) is 24.3 Å². The molecule has 4 heteroatoms. The van der Waals surface area contributed by atoms with Crippen LogP contribution in [0.2, 0.25) is 0 Å². The summed E-state index contributed by atoms with van der Waals surface area (Å²) >= 11 is 0. The highest BCUT2D eigenvalue weighted by atomic mass is 16.6. The monoisotopic (exact) mass is 293 g/mol. The van der Waals surface area contributed by atoms with E-state index in [1.54, 1.807) is 7.11 Å². The van der Waals surface area contributed by atoms with Gasteiger partial charge in [-0.2, -0.15) is 0 Å². The van der Waals surface area contributed by atoms with Crippen LogP contribution < -0.4 is 10.1 Å². The first-order valence-corrected chi connectivity index (χ1v) is 7.33. The minimum Gasteiger partial charge on any atom is -0.497 e. The van der Waals surface area contributed by atoms with Gasteiger partial charge in [-0.1, -0.05) is 26.0 Å². The van der Waals surface area contributed by atoms with E-state index in [9.17, 15) is 4.79 Å². The fourth-order valence-corrected chi connectivity index (χ4v) is 1.93. The Morgan fingerprint density at radius 2 is 1.76 bits per heavy atom. The summed E-state index contributed by atoms with van der Waals surface area (Å²) in [5.74, 6) is 1.15. The minimum absolute atomic E-state index is 0.0354. The second kappa shape index (κ2) is 7.34. The van der Waals surface area contributed by atoms with Crippen molar-refractivity contribution in [2.75, 3.05) is 7.11 Å². The summed E-state index contributed by atoms with van der Waals surface area (Å²) in [5, 5.41) is 2.96. The van der Waals surface area contributed by atoms with Gasteiger partial charge >= 0.3 is 6.09 Å². The Morgan fingerprint density at radius 1 is 1.19 bits per heavy atom. The van der Waals surface area contributed by atoms with Crippen molar-refractivity contribution in [1.29, 1.82) is 0 Å². The number of hydrogen-bond donors (Lipinski definition) is 1. The number of carbonyl (C=O) groups is 1. The molecule has 0 heterocycles. The van der Waals surface area contributed by atoms with E-state index < -0.39 is 5.60 Å². The van der Waals surface area contributed by atoms with Crippen LogP contribution in [0.1, 0.15) is 40.2 Å². The fraction of sp³-hybridized carbons (Fsp3) is 0.588. The molecule has 0 aliphatic heterocycles. The van der Waals surface area contributed by atoms with Crippen molar-refractivity contribution in [3.05, 3.63) is 29.8 Å². The third kappa shape index (κ3) is 6.52. The molecule has 0 aliphatic rings. The van der Waals surface area contributed by atoms with Crippen molar-refractivity contribution in [3.8, 4) is 5.75 Å². The largest absolute Gasteiger partial charge is 0.497 e. The quantitative estimate of drug-likeness (QED) is 0.898. The number of carbonyl (C=O) groups excluding carboxylic acids is 1. The topological polar surface area (TPSA) is 47.6 Å². The van der Waals surface area contributed by atoms with Gasteiger partial charge in [-0.05, 0) is 50.8 Å². The zero-order valence-electron chi connectivity index (χ0n) is 13.9. The van der Waals surface area contributed by atoms with Gasteiger partial charge in [0.05, 0.1) is 7.11 Å². The first-order valence-electron chi connectivity index (χ1n) is 7.33. The molecule has 1 atom stereocenters. The Labute approximate surface area is 127 Å². The summed E-state index contributed by atoms with van der Waals surface area (Å²) < 4.78 is 10.5. The molecule has 0 aliphatic carbocycles. The van der Waals surface area contributed by atoms with E-state index in [-0.39, 0.29) is 12.1 Å². The van der Waals surface area contributed by atoms with Crippen LogP contribution in [0.3, 0.4) is 0 Å². The lowest BCUT2D eigenvalue weighted by molar-refractivity contribution is 0.0490. The number of rotatable bonds is 5. The Morgan fingerprint density at radius 3 is 2.19 bits per heavy atom. The van der Waals surface area contributed by atoms with Gasteiger partial charge in [-0.3, -0.25) is 0 Å². The van der Waals surface area contributed by atoms with E-state index in [0.29, 0.717) is 5.92 Å². The molecule has 0 fully saturated rings. The molecule has 0 bridgehead atoms. The number of amides is 1. The van der Waals surface area contributed by atoms with Crippen molar-refractivity contribution in [3.63, 3.8) is 0 Å².